The minimum Gasteiger partial charge on any atom is -0.0885 e. The van der Waals surface area contributed by atoms with Crippen LogP contribution in [0, 0.1) is 11.8 Å². The van der Waals surface area contributed by atoms with Crippen LogP contribution in [-0.2, 0) is 0 Å². The van der Waals surface area contributed by atoms with Gasteiger partial charge >= 0.3 is 0 Å². The van der Waals surface area contributed by atoms with Gasteiger partial charge in [-0.2, -0.15) is 0 Å². The maximum absolute atomic E-state index is 2.39. The van der Waals surface area contributed by atoms with Gasteiger partial charge in [0.2, 0.25) is 0 Å². The van der Waals surface area contributed by atoms with E-state index in [4.69, 9.17) is 0 Å². The quantitative estimate of drug-likeness (QED) is 0.565. The molecule has 0 heterocycles. The zero-order valence-electron chi connectivity index (χ0n) is 8.67. The summed E-state index contributed by atoms with van der Waals surface area (Å²) in [5.41, 5.74) is 0. The predicted octanol–water partition coefficient (Wildman–Crippen LogP) is 4.31. The molecule has 0 aliphatic heterocycles. The summed E-state index contributed by atoms with van der Waals surface area (Å²) in [5.74, 6) is 2.14. The molecule has 0 aromatic rings. The van der Waals surface area contributed by atoms with Crippen molar-refractivity contribution in [3.63, 3.8) is 0 Å². The van der Waals surface area contributed by atoms with E-state index in [1.807, 2.05) is 0 Å². The predicted molar refractivity (Wildman–Crippen MR) is 57.7 cm³/mol. The van der Waals surface area contributed by atoms with Gasteiger partial charge in [-0.25, -0.2) is 0 Å². The summed E-state index contributed by atoms with van der Waals surface area (Å²) in [6, 6.07) is 0. The molecule has 0 heteroatoms. The van der Waals surface area contributed by atoms with Crippen LogP contribution >= 0.6 is 0 Å². The van der Waals surface area contributed by atoms with Crippen molar-refractivity contribution in [2.45, 2.75) is 57.8 Å². The zero-order valence-corrected chi connectivity index (χ0v) is 8.67. The lowest BCUT2D eigenvalue weighted by atomic mass is 9.87. The second kappa shape index (κ2) is 4.83. The summed E-state index contributed by atoms with van der Waals surface area (Å²) >= 11 is 0. The first kappa shape index (κ1) is 9.30. The molecule has 1 unspecified atom stereocenters. The second-order valence-electron chi connectivity index (χ2n) is 4.88. The third kappa shape index (κ3) is 2.86. The van der Waals surface area contributed by atoms with Gasteiger partial charge in [0, 0.05) is 0 Å². The van der Waals surface area contributed by atoms with Crippen LogP contribution in [0.15, 0.2) is 12.2 Å². The zero-order chi connectivity index (χ0) is 8.93. The maximum Gasteiger partial charge on any atom is -0.0322 e. The fourth-order valence-corrected chi connectivity index (χ4v) is 2.89. The number of allylic oxidation sites excluding steroid dienone is 2. The van der Waals surface area contributed by atoms with Gasteiger partial charge in [0.05, 0.1) is 0 Å². The minimum absolute atomic E-state index is 1.03. The molecular formula is C13H22. The largest absolute Gasteiger partial charge is 0.0885 e. The van der Waals surface area contributed by atoms with Gasteiger partial charge in [0.25, 0.3) is 0 Å². The Kier molecular flexibility index (Phi) is 3.46. The average molecular weight is 178 g/mol. The van der Waals surface area contributed by atoms with Gasteiger partial charge in [-0.05, 0) is 37.5 Å². The fourth-order valence-electron chi connectivity index (χ4n) is 2.89. The Hall–Kier alpha value is -0.260. The van der Waals surface area contributed by atoms with Crippen molar-refractivity contribution in [3.8, 4) is 0 Å². The average Bonchev–Trinajstić information content (AvgIpc) is 2.69. The molecule has 74 valence electrons. The normalized spacial score (nSPS) is 29.7. The van der Waals surface area contributed by atoms with Crippen molar-refractivity contribution in [2.24, 2.45) is 11.8 Å². The van der Waals surface area contributed by atoms with Crippen LogP contribution < -0.4 is 0 Å². The molecule has 0 spiro atoms. The Morgan fingerprint density at radius 1 is 0.846 bits per heavy atom. The van der Waals surface area contributed by atoms with E-state index in [1.165, 1.54) is 57.8 Å². The SMILES string of the molecule is C1=CCC(CCC2CCCC2)CC1. The van der Waals surface area contributed by atoms with Crippen molar-refractivity contribution in [1.82, 2.24) is 0 Å². The Morgan fingerprint density at radius 3 is 2.31 bits per heavy atom. The smallest absolute Gasteiger partial charge is 0.0322 e. The number of rotatable bonds is 3. The molecule has 0 aromatic heterocycles. The molecule has 2 aliphatic carbocycles. The van der Waals surface area contributed by atoms with E-state index in [9.17, 15) is 0 Å². The molecule has 2 aliphatic rings. The summed E-state index contributed by atoms with van der Waals surface area (Å²) < 4.78 is 0. The molecule has 0 N–H and O–H groups in total. The van der Waals surface area contributed by atoms with E-state index in [0.29, 0.717) is 0 Å². The topological polar surface area (TPSA) is 0 Å². The molecule has 2 rings (SSSR count). The molecule has 13 heavy (non-hydrogen) atoms. The molecule has 0 radical (unpaired) electrons. The molecule has 0 aromatic carbocycles. The lowest BCUT2D eigenvalue weighted by Gasteiger charge is -2.19. The summed E-state index contributed by atoms with van der Waals surface area (Å²) in [4.78, 5) is 0. The van der Waals surface area contributed by atoms with Crippen LogP contribution in [-0.4, -0.2) is 0 Å². The van der Waals surface area contributed by atoms with Crippen molar-refractivity contribution >= 4 is 0 Å². The van der Waals surface area contributed by atoms with Gasteiger partial charge in [-0.15, -0.1) is 0 Å². The highest BCUT2D eigenvalue weighted by atomic mass is 14.2. The molecule has 0 nitrogen and oxygen atoms in total. The van der Waals surface area contributed by atoms with E-state index in [-0.39, 0.29) is 0 Å². The minimum atomic E-state index is 1.03. The molecule has 1 fully saturated rings. The lowest BCUT2D eigenvalue weighted by molar-refractivity contribution is 0.376. The van der Waals surface area contributed by atoms with Gasteiger partial charge in [0.1, 0.15) is 0 Å². The third-order valence-corrected chi connectivity index (χ3v) is 3.84. The van der Waals surface area contributed by atoms with Crippen LogP contribution in [0.3, 0.4) is 0 Å². The van der Waals surface area contributed by atoms with Gasteiger partial charge in [-0.1, -0.05) is 44.3 Å². The van der Waals surface area contributed by atoms with E-state index < -0.39 is 0 Å². The molecular weight excluding hydrogens is 156 g/mol. The Bertz CT molecular complexity index is 163. The first-order chi connectivity index (χ1) is 6.45. The van der Waals surface area contributed by atoms with E-state index in [1.54, 1.807) is 0 Å². The fraction of sp³-hybridized carbons (Fsp3) is 0.846. The Morgan fingerprint density at radius 2 is 1.62 bits per heavy atom. The third-order valence-electron chi connectivity index (χ3n) is 3.84. The summed E-state index contributed by atoms with van der Waals surface area (Å²) in [5, 5.41) is 0. The Labute approximate surface area is 82.4 Å². The van der Waals surface area contributed by atoms with Gasteiger partial charge < -0.3 is 0 Å². The number of hydrogen-bond donors (Lipinski definition) is 0. The molecule has 1 atom stereocenters. The highest BCUT2D eigenvalue weighted by Crippen LogP contribution is 2.32. The highest BCUT2D eigenvalue weighted by Gasteiger charge is 2.17. The Balaban J connectivity index is 1.63. The molecule has 0 bridgehead atoms. The summed E-state index contributed by atoms with van der Waals surface area (Å²) in [6.45, 7) is 0. The molecule has 0 saturated heterocycles. The van der Waals surface area contributed by atoms with Crippen LogP contribution in [0.1, 0.15) is 57.8 Å². The number of hydrogen-bond acceptors (Lipinski definition) is 0. The van der Waals surface area contributed by atoms with Crippen molar-refractivity contribution in [2.75, 3.05) is 0 Å². The van der Waals surface area contributed by atoms with Crippen molar-refractivity contribution in [3.05, 3.63) is 12.2 Å². The monoisotopic (exact) mass is 178 g/mol. The first-order valence-electron chi connectivity index (χ1n) is 6.10. The van der Waals surface area contributed by atoms with Crippen LogP contribution in [0.4, 0.5) is 0 Å². The van der Waals surface area contributed by atoms with Crippen molar-refractivity contribution < 1.29 is 0 Å². The second-order valence-corrected chi connectivity index (χ2v) is 4.88. The lowest BCUT2D eigenvalue weighted by Crippen LogP contribution is -2.05. The van der Waals surface area contributed by atoms with Crippen molar-refractivity contribution in [1.29, 1.82) is 0 Å². The highest BCUT2D eigenvalue weighted by molar-refractivity contribution is 4.90. The van der Waals surface area contributed by atoms with Gasteiger partial charge in [0.15, 0.2) is 0 Å². The maximum atomic E-state index is 2.39. The summed E-state index contributed by atoms with van der Waals surface area (Å²) in [7, 11) is 0. The van der Waals surface area contributed by atoms with Crippen LogP contribution in [0.5, 0.6) is 0 Å². The van der Waals surface area contributed by atoms with Crippen LogP contribution in [0.2, 0.25) is 0 Å². The van der Waals surface area contributed by atoms with E-state index in [2.05, 4.69) is 12.2 Å². The standard InChI is InChI=1S/C13H22/c1-2-6-12(7-3-1)10-11-13-8-4-5-9-13/h1-2,12-13H,3-11H2. The van der Waals surface area contributed by atoms with E-state index >= 15 is 0 Å². The first-order valence-corrected chi connectivity index (χ1v) is 6.10. The molecule has 0 amide bonds. The molecule has 1 saturated carbocycles. The van der Waals surface area contributed by atoms with E-state index in [0.717, 1.165) is 11.8 Å². The van der Waals surface area contributed by atoms with Gasteiger partial charge in [-0.3, -0.25) is 0 Å². The van der Waals surface area contributed by atoms with Crippen LogP contribution in [0.25, 0.3) is 0 Å². The summed E-state index contributed by atoms with van der Waals surface area (Å²) in [6.07, 6.45) is 18.0.